The van der Waals surface area contributed by atoms with E-state index in [1.807, 2.05) is 0 Å². The Bertz CT molecular complexity index is 1000. The Labute approximate surface area is 178 Å². The first kappa shape index (κ1) is 22.9. The zero-order valence-corrected chi connectivity index (χ0v) is 17.3. The number of nitrogens with one attached hydrogen (secondary N) is 1. The van der Waals surface area contributed by atoms with Crippen molar-refractivity contribution in [1.29, 1.82) is 0 Å². The van der Waals surface area contributed by atoms with Crippen LogP contribution in [-0.2, 0) is 16.6 Å². The number of carbonyl (C=O) groups is 1. The fourth-order valence-corrected chi connectivity index (χ4v) is 4.68. The van der Waals surface area contributed by atoms with Gasteiger partial charge in [-0.3, -0.25) is 0 Å². The summed E-state index contributed by atoms with van der Waals surface area (Å²) >= 11 is 0. The van der Waals surface area contributed by atoms with Crippen LogP contribution in [0.15, 0.2) is 53.4 Å². The largest absolute Gasteiger partial charge is 0.435 e. The van der Waals surface area contributed by atoms with E-state index in [9.17, 15) is 26.4 Å². The molecule has 1 aliphatic heterocycles. The molecule has 11 heteroatoms. The average Bonchev–Trinajstić information content (AvgIpc) is 2.99. The number of rotatable bonds is 6. The molecule has 2 aromatic carbocycles. The highest BCUT2D eigenvalue weighted by Crippen LogP contribution is 2.19. The molecule has 0 aromatic heterocycles. The Hall–Kier alpha value is -2.79. The van der Waals surface area contributed by atoms with Crippen LogP contribution in [0.4, 0.5) is 18.0 Å². The second kappa shape index (κ2) is 10.0. The van der Waals surface area contributed by atoms with Gasteiger partial charge in [0.15, 0.2) is 0 Å². The predicted octanol–water partition coefficient (Wildman–Crippen LogP) is 3.03. The van der Waals surface area contributed by atoms with E-state index < -0.39 is 22.5 Å². The molecule has 0 aliphatic carbocycles. The van der Waals surface area contributed by atoms with Crippen LogP contribution in [0.1, 0.15) is 12.0 Å². The van der Waals surface area contributed by atoms with Crippen LogP contribution in [-0.4, -0.2) is 56.4 Å². The molecular weight excluding hydrogens is 435 g/mol. The van der Waals surface area contributed by atoms with Crippen LogP contribution >= 0.6 is 0 Å². The van der Waals surface area contributed by atoms with E-state index >= 15 is 0 Å². The van der Waals surface area contributed by atoms with E-state index in [2.05, 4.69) is 10.1 Å². The van der Waals surface area contributed by atoms with Gasteiger partial charge in [-0.2, -0.15) is 13.1 Å². The van der Waals surface area contributed by atoms with Gasteiger partial charge in [-0.25, -0.2) is 17.6 Å². The zero-order valence-electron chi connectivity index (χ0n) is 16.5. The molecule has 1 fully saturated rings. The van der Waals surface area contributed by atoms with E-state index in [4.69, 9.17) is 0 Å². The van der Waals surface area contributed by atoms with Crippen LogP contribution in [0.25, 0.3) is 0 Å². The van der Waals surface area contributed by atoms with Gasteiger partial charge in [0.25, 0.3) is 0 Å². The number of benzene rings is 2. The molecule has 1 aliphatic rings. The molecule has 0 spiro atoms. The lowest BCUT2D eigenvalue weighted by atomic mass is 10.2. The van der Waals surface area contributed by atoms with Crippen molar-refractivity contribution in [2.75, 3.05) is 26.2 Å². The number of urea groups is 1. The molecular formula is C20H22F3N3O4S. The number of amides is 2. The molecule has 0 radical (unpaired) electrons. The molecule has 0 atom stereocenters. The maximum atomic E-state index is 13.1. The number of alkyl halides is 2. The third-order valence-electron chi connectivity index (χ3n) is 4.76. The molecule has 31 heavy (non-hydrogen) atoms. The molecule has 0 unspecified atom stereocenters. The minimum Gasteiger partial charge on any atom is -0.435 e. The van der Waals surface area contributed by atoms with Crippen molar-refractivity contribution < 1.29 is 31.1 Å². The number of hydrogen-bond acceptors (Lipinski definition) is 4. The summed E-state index contributed by atoms with van der Waals surface area (Å²) in [5, 5.41) is 2.70. The molecule has 3 rings (SSSR count). The third-order valence-corrected chi connectivity index (χ3v) is 6.67. The van der Waals surface area contributed by atoms with E-state index in [0.29, 0.717) is 18.5 Å². The Morgan fingerprint density at radius 1 is 1.06 bits per heavy atom. The standard InChI is InChI=1S/C20H22F3N3O4S/c21-16-5-7-18(8-6-16)31(28,29)26-10-2-9-25(11-12-26)20(27)24-14-15-3-1-4-17(13-15)30-19(22)23/h1,3-8,13,19H,2,9-12,14H2,(H,24,27). The quantitative estimate of drug-likeness (QED) is 0.723. The molecule has 2 amide bonds. The van der Waals surface area contributed by atoms with Crippen molar-refractivity contribution in [3.8, 4) is 5.75 Å². The number of nitrogens with zero attached hydrogens (tertiary/aromatic N) is 2. The molecule has 7 nitrogen and oxygen atoms in total. The SMILES string of the molecule is O=C(NCc1cccc(OC(F)F)c1)N1CCCN(S(=O)(=O)c2ccc(F)cc2)CC1. The van der Waals surface area contributed by atoms with E-state index in [1.54, 1.807) is 12.1 Å². The van der Waals surface area contributed by atoms with Crippen LogP contribution < -0.4 is 10.1 Å². The van der Waals surface area contributed by atoms with Gasteiger partial charge in [0.1, 0.15) is 11.6 Å². The highest BCUT2D eigenvalue weighted by Gasteiger charge is 2.28. The van der Waals surface area contributed by atoms with Crippen molar-refractivity contribution >= 4 is 16.1 Å². The molecule has 1 heterocycles. The summed E-state index contributed by atoms with van der Waals surface area (Å²) in [6, 6.07) is 10.2. The lowest BCUT2D eigenvalue weighted by Crippen LogP contribution is -2.42. The summed E-state index contributed by atoms with van der Waals surface area (Å²) in [6.45, 7) is -1.96. The van der Waals surface area contributed by atoms with Crippen molar-refractivity contribution in [1.82, 2.24) is 14.5 Å². The van der Waals surface area contributed by atoms with Gasteiger partial charge >= 0.3 is 12.6 Å². The summed E-state index contributed by atoms with van der Waals surface area (Å²) in [7, 11) is -3.79. The third kappa shape index (κ3) is 6.11. The van der Waals surface area contributed by atoms with Gasteiger partial charge in [0.05, 0.1) is 4.90 Å². The minimum absolute atomic E-state index is 0.00170. The van der Waals surface area contributed by atoms with Crippen LogP contribution in [0.5, 0.6) is 5.75 Å². The van der Waals surface area contributed by atoms with E-state index in [0.717, 1.165) is 12.1 Å². The predicted molar refractivity (Wildman–Crippen MR) is 107 cm³/mol. The van der Waals surface area contributed by atoms with Crippen LogP contribution in [0.3, 0.4) is 0 Å². The van der Waals surface area contributed by atoms with Gasteiger partial charge in [0.2, 0.25) is 10.0 Å². The van der Waals surface area contributed by atoms with Crippen LogP contribution in [0.2, 0.25) is 0 Å². The summed E-state index contributed by atoms with van der Waals surface area (Å²) in [4.78, 5) is 14.0. The Morgan fingerprint density at radius 2 is 1.81 bits per heavy atom. The second-order valence-electron chi connectivity index (χ2n) is 6.88. The fraction of sp³-hybridized carbons (Fsp3) is 0.350. The lowest BCUT2D eigenvalue weighted by molar-refractivity contribution is -0.0498. The van der Waals surface area contributed by atoms with Gasteiger partial charge in [0, 0.05) is 32.7 Å². The lowest BCUT2D eigenvalue weighted by Gasteiger charge is -2.22. The Kier molecular flexibility index (Phi) is 7.39. The molecule has 1 saturated heterocycles. The number of halogens is 3. The first-order valence-electron chi connectivity index (χ1n) is 9.58. The number of hydrogen-bond donors (Lipinski definition) is 1. The summed E-state index contributed by atoms with van der Waals surface area (Å²) < 4.78 is 68.9. The summed E-state index contributed by atoms with van der Waals surface area (Å²) in [5.74, 6) is -0.526. The minimum atomic E-state index is -3.79. The molecule has 168 valence electrons. The van der Waals surface area contributed by atoms with Gasteiger partial charge in [-0.1, -0.05) is 12.1 Å². The van der Waals surface area contributed by atoms with Crippen molar-refractivity contribution in [2.24, 2.45) is 0 Å². The van der Waals surface area contributed by atoms with Gasteiger partial charge < -0.3 is 15.0 Å². The van der Waals surface area contributed by atoms with E-state index in [-0.39, 0.29) is 42.9 Å². The molecule has 2 aromatic rings. The first-order valence-corrected chi connectivity index (χ1v) is 11.0. The Balaban J connectivity index is 1.57. The highest BCUT2D eigenvalue weighted by molar-refractivity contribution is 7.89. The first-order chi connectivity index (χ1) is 14.8. The highest BCUT2D eigenvalue weighted by atomic mass is 32.2. The molecule has 1 N–H and O–H groups in total. The normalized spacial score (nSPS) is 15.5. The summed E-state index contributed by atoms with van der Waals surface area (Å²) in [6.07, 6.45) is 0.436. The van der Waals surface area contributed by atoms with Crippen molar-refractivity contribution in [2.45, 2.75) is 24.5 Å². The topological polar surface area (TPSA) is 79.0 Å². The van der Waals surface area contributed by atoms with Crippen LogP contribution in [0, 0.1) is 5.82 Å². The maximum absolute atomic E-state index is 13.1. The number of carbonyl (C=O) groups excluding carboxylic acids is 1. The maximum Gasteiger partial charge on any atom is 0.387 e. The zero-order chi connectivity index (χ0) is 22.4. The monoisotopic (exact) mass is 457 g/mol. The number of sulfonamides is 1. The molecule has 0 bridgehead atoms. The average molecular weight is 457 g/mol. The smallest absolute Gasteiger partial charge is 0.387 e. The van der Waals surface area contributed by atoms with Crippen molar-refractivity contribution in [3.05, 3.63) is 59.9 Å². The summed E-state index contributed by atoms with van der Waals surface area (Å²) in [5.41, 5.74) is 0.585. The fourth-order valence-electron chi connectivity index (χ4n) is 3.21. The second-order valence-corrected chi connectivity index (χ2v) is 8.82. The van der Waals surface area contributed by atoms with Crippen molar-refractivity contribution in [3.63, 3.8) is 0 Å². The van der Waals surface area contributed by atoms with E-state index in [1.165, 1.54) is 33.5 Å². The number of ether oxygens (including phenoxy) is 1. The van der Waals surface area contributed by atoms with Gasteiger partial charge in [-0.05, 0) is 48.4 Å². The molecule has 0 saturated carbocycles. The van der Waals surface area contributed by atoms with Gasteiger partial charge in [-0.15, -0.1) is 0 Å². The Morgan fingerprint density at radius 3 is 2.52 bits per heavy atom.